The molecule has 138 valence electrons. The number of nitrogens with one attached hydrogen (secondary N) is 2. The highest BCUT2D eigenvalue weighted by molar-refractivity contribution is 7.80. The molecule has 0 amide bonds. The number of halogens is 4. The summed E-state index contributed by atoms with van der Waals surface area (Å²) in [6, 6.07) is 11.1. The van der Waals surface area contributed by atoms with Crippen molar-refractivity contribution in [1.29, 1.82) is 0 Å². The molecule has 2 N–H and O–H groups in total. The van der Waals surface area contributed by atoms with Crippen molar-refractivity contribution in [2.24, 2.45) is 0 Å². The van der Waals surface area contributed by atoms with Crippen molar-refractivity contribution in [2.75, 3.05) is 5.32 Å². The Balaban J connectivity index is 1.82. The fourth-order valence-electron chi connectivity index (χ4n) is 3.37. The molecule has 0 spiro atoms. The number of rotatable bonds is 3. The van der Waals surface area contributed by atoms with Crippen molar-refractivity contribution >= 4 is 23.0 Å². The monoisotopic (exact) mass is 382 g/mol. The Kier molecular flexibility index (Phi) is 5.18. The standard InChI is InChI=1S/C19H18F4N2S/c20-15-6-8-16(9-7-15)24-17(26)25-18(10-1-2-11-18)13-4-3-5-14(12-13)19(21,22)23/h3-9,12H,1-2,10-11H2,(H2,24,25,26). The largest absolute Gasteiger partial charge is 0.416 e. The van der Waals surface area contributed by atoms with Crippen LogP contribution in [-0.2, 0) is 11.7 Å². The third-order valence-electron chi connectivity index (χ3n) is 4.65. The summed E-state index contributed by atoms with van der Waals surface area (Å²) in [5, 5.41) is 6.48. The zero-order valence-corrected chi connectivity index (χ0v) is 14.7. The summed E-state index contributed by atoms with van der Waals surface area (Å²) in [5.74, 6) is -0.356. The van der Waals surface area contributed by atoms with Gasteiger partial charge in [0.1, 0.15) is 5.82 Å². The van der Waals surface area contributed by atoms with Gasteiger partial charge in [0.25, 0.3) is 0 Å². The van der Waals surface area contributed by atoms with E-state index < -0.39 is 17.3 Å². The summed E-state index contributed by atoms with van der Waals surface area (Å²) in [4.78, 5) is 0. The highest BCUT2D eigenvalue weighted by Gasteiger charge is 2.38. The molecule has 1 aliphatic rings. The van der Waals surface area contributed by atoms with E-state index >= 15 is 0 Å². The molecule has 0 aliphatic heterocycles. The van der Waals surface area contributed by atoms with E-state index in [9.17, 15) is 17.6 Å². The van der Waals surface area contributed by atoms with Gasteiger partial charge >= 0.3 is 6.18 Å². The van der Waals surface area contributed by atoms with Crippen molar-refractivity contribution in [3.63, 3.8) is 0 Å². The topological polar surface area (TPSA) is 24.1 Å². The first-order valence-corrected chi connectivity index (χ1v) is 8.72. The van der Waals surface area contributed by atoms with Gasteiger partial charge < -0.3 is 10.6 Å². The molecular weight excluding hydrogens is 364 g/mol. The molecule has 0 saturated heterocycles. The van der Waals surface area contributed by atoms with Crippen LogP contribution < -0.4 is 10.6 Å². The first-order chi connectivity index (χ1) is 12.3. The highest BCUT2D eigenvalue weighted by atomic mass is 32.1. The normalized spacial score (nSPS) is 16.3. The van der Waals surface area contributed by atoms with Crippen LogP contribution in [0.25, 0.3) is 0 Å². The van der Waals surface area contributed by atoms with E-state index in [1.54, 1.807) is 18.2 Å². The lowest BCUT2D eigenvalue weighted by Crippen LogP contribution is -2.45. The van der Waals surface area contributed by atoms with Crippen LogP contribution in [0.15, 0.2) is 48.5 Å². The maximum atomic E-state index is 13.1. The van der Waals surface area contributed by atoms with Gasteiger partial charge in [-0.05, 0) is 67.0 Å². The van der Waals surface area contributed by atoms with E-state index in [1.165, 1.54) is 24.3 Å². The van der Waals surface area contributed by atoms with Crippen LogP contribution in [0.4, 0.5) is 23.2 Å². The Morgan fingerprint density at radius 2 is 1.65 bits per heavy atom. The van der Waals surface area contributed by atoms with Crippen molar-refractivity contribution in [3.05, 3.63) is 65.5 Å². The zero-order chi connectivity index (χ0) is 18.8. The van der Waals surface area contributed by atoms with E-state index in [4.69, 9.17) is 12.2 Å². The van der Waals surface area contributed by atoms with E-state index in [2.05, 4.69) is 10.6 Å². The second-order valence-electron chi connectivity index (χ2n) is 6.45. The minimum Gasteiger partial charge on any atom is -0.353 e. The van der Waals surface area contributed by atoms with E-state index in [1.807, 2.05) is 0 Å². The lowest BCUT2D eigenvalue weighted by atomic mass is 9.87. The molecule has 1 saturated carbocycles. The van der Waals surface area contributed by atoms with E-state index in [0.29, 0.717) is 29.2 Å². The summed E-state index contributed by atoms with van der Waals surface area (Å²) < 4.78 is 52.2. The second-order valence-corrected chi connectivity index (χ2v) is 6.86. The molecule has 0 unspecified atom stereocenters. The summed E-state index contributed by atoms with van der Waals surface area (Å²) in [6.07, 6.45) is -1.19. The third-order valence-corrected chi connectivity index (χ3v) is 4.86. The predicted molar refractivity (Wildman–Crippen MR) is 97.3 cm³/mol. The Bertz CT molecular complexity index is 781. The first kappa shape index (κ1) is 18.6. The van der Waals surface area contributed by atoms with E-state index in [-0.39, 0.29) is 5.82 Å². The quantitative estimate of drug-likeness (QED) is 0.534. The van der Waals surface area contributed by atoms with Crippen LogP contribution in [-0.4, -0.2) is 5.11 Å². The van der Waals surface area contributed by atoms with Crippen LogP contribution in [0.1, 0.15) is 36.8 Å². The van der Waals surface area contributed by atoms with Gasteiger partial charge in [0.2, 0.25) is 0 Å². The molecule has 0 radical (unpaired) electrons. The minimum absolute atomic E-state index is 0.302. The Labute approximate surface area is 154 Å². The number of benzene rings is 2. The van der Waals surface area contributed by atoms with Crippen LogP contribution in [0.2, 0.25) is 0 Å². The summed E-state index contributed by atoms with van der Waals surface area (Å²) in [5.41, 5.74) is -0.111. The predicted octanol–water partition coefficient (Wildman–Crippen LogP) is 5.60. The van der Waals surface area contributed by atoms with Gasteiger partial charge in [0.05, 0.1) is 11.1 Å². The highest BCUT2D eigenvalue weighted by Crippen LogP contribution is 2.40. The fourth-order valence-corrected chi connectivity index (χ4v) is 3.68. The van der Waals surface area contributed by atoms with Crippen LogP contribution >= 0.6 is 12.2 Å². The molecular formula is C19H18F4N2S. The van der Waals surface area contributed by atoms with Gasteiger partial charge in [0, 0.05) is 5.69 Å². The third kappa shape index (κ3) is 4.15. The van der Waals surface area contributed by atoms with Crippen LogP contribution in [0, 0.1) is 5.82 Å². The van der Waals surface area contributed by atoms with Crippen molar-refractivity contribution in [2.45, 2.75) is 37.4 Å². The average molecular weight is 382 g/mol. The summed E-state index contributed by atoms with van der Waals surface area (Å²) in [6.45, 7) is 0. The van der Waals surface area contributed by atoms with Gasteiger partial charge in [0.15, 0.2) is 5.11 Å². The maximum Gasteiger partial charge on any atom is 0.416 e. The smallest absolute Gasteiger partial charge is 0.353 e. The van der Waals surface area contributed by atoms with Gasteiger partial charge in [-0.1, -0.05) is 25.0 Å². The molecule has 1 aliphatic carbocycles. The summed E-state index contributed by atoms with van der Waals surface area (Å²) in [7, 11) is 0. The zero-order valence-electron chi connectivity index (χ0n) is 13.9. The SMILES string of the molecule is Fc1ccc(NC(=S)NC2(c3cccc(C(F)(F)F)c3)CCCC2)cc1. The van der Waals surface area contributed by atoms with Gasteiger partial charge in [-0.2, -0.15) is 13.2 Å². The molecule has 1 fully saturated rings. The van der Waals surface area contributed by atoms with Crippen LogP contribution in [0.5, 0.6) is 0 Å². The number of anilines is 1. The Morgan fingerprint density at radius 3 is 2.27 bits per heavy atom. The Morgan fingerprint density at radius 1 is 1.00 bits per heavy atom. The van der Waals surface area contributed by atoms with Crippen LogP contribution in [0.3, 0.4) is 0 Å². The molecule has 7 heteroatoms. The number of hydrogen-bond acceptors (Lipinski definition) is 1. The lowest BCUT2D eigenvalue weighted by molar-refractivity contribution is -0.137. The molecule has 0 atom stereocenters. The van der Waals surface area contributed by atoms with E-state index in [0.717, 1.165) is 18.9 Å². The van der Waals surface area contributed by atoms with Crippen molar-refractivity contribution < 1.29 is 17.6 Å². The molecule has 0 heterocycles. The minimum atomic E-state index is -4.39. The number of hydrogen-bond donors (Lipinski definition) is 2. The molecule has 2 nitrogen and oxygen atoms in total. The van der Waals surface area contributed by atoms with Gasteiger partial charge in [-0.15, -0.1) is 0 Å². The van der Waals surface area contributed by atoms with Crippen molar-refractivity contribution in [3.8, 4) is 0 Å². The average Bonchev–Trinajstić information content (AvgIpc) is 3.06. The molecule has 0 aromatic heterocycles. The molecule has 3 rings (SSSR count). The maximum absolute atomic E-state index is 13.1. The molecule has 0 bridgehead atoms. The number of thiocarbonyl (C=S) groups is 1. The lowest BCUT2D eigenvalue weighted by Gasteiger charge is -2.33. The fraction of sp³-hybridized carbons (Fsp3) is 0.316. The molecule has 2 aromatic carbocycles. The summed E-state index contributed by atoms with van der Waals surface area (Å²) >= 11 is 5.35. The first-order valence-electron chi connectivity index (χ1n) is 8.31. The van der Waals surface area contributed by atoms with Gasteiger partial charge in [-0.25, -0.2) is 4.39 Å². The molecule has 2 aromatic rings. The van der Waals surface area contributed by atoms with Crippen molar-refractivity contribution in [1.82, 2.24) is 5.32 Å². The number of alkyl halides is 3. The Hall–Kier alpha value is -2.15. The molecule has 26 heavy (non-hydrogen) atoms. The second kappa shape index (κ2) is 7.23. The van der Waals surface area contributed by atoms with Gasteiger partial charge in [-0.3, -0.25) is 0 Å².